The molecule has 1 unspecified atom stereocenters. The summed E-state index contributed by atoms with van der Waals surface area (Å²) >= 11 is 3.12. The van der Waals surface area contributed by atoms with E-state index < -0.39 is 15.7 Å². The predicted molar refractivity (Wildman–Crippen MR) is 69.8 cm³/mol. The Kier molecular flexibility index (Phi) is 5.09. The van der Waals surface area contributed by atoms with Gasteiger partial charge in [0.1, 0.15) is 5.82 Å². The lowest BCUT2D eigenvalue weighted by Crippen LogP contribution is -2.22. The molecule has 1 atom stereocenters. The van der Waals surface area contributed by atoms with E-state index in [9.17, 15) is 12.8 Å². The SMILES string of the molecule is CC(CN)CS(=O)(=O)Cc1ccc(Br)cc1F. The standard InChI is InChI=1S/C11H15BrFNO2S/c1-8(5-14)6-17(15,16)7-9-2-3-10(12)4-11(9)13/h2-4,8H,5-7,14H2,1H3. The fraction of sp³-hybridized carbons (Fsp3) is 0.455. The van der Waals surface area contributed by atoms with E-state index in [0.29, 0.717) is 11.0 Å². The van der Waals surface area contributed by atoms with Crippen molar-refractivity contribution in [1.29, 1.82) is 0 Å². The van der Waals surface area contributed by atoms with E-state index in [1.54, 1.807) is 13.0 Å². The number of rotatable bonds is 5. The van der Waals surface area contributed by atoms with Crippen molar-refractivity contribution in [2.24, 2.45) is 11.7 Å². The first-order valence-corrected chi connectivity index (χ1v) is 7.80. The highest BCUT2D eigenvalue weighted by molar-refractivity contribution is 9.10. The second kappa shape index (κ2) is 5.93. The molecule has 0 aliphatic rings. The number of halogens is 2. The van der Waals surface area contributed by atoms with Gasteiger partial charge in [0.2, 0.25) is 0 Å². The molecule has 0 bridgehead atoms. The molecule has 0 aliphatic carbocycles. The van der Waals surface area contributed by atoms with Gasteiger partial charge in [-0.15, -0.1) is 0 Å². The van der Waals surface area contributed by atoms with Crippen LogP contribution in [0.3, 0.4) is 0 Å². The molecule has 0 radical (unpaired) electrons. The predicted octanol–water partition coefficient (Wildman–Crippen LogP) is 2.10. The Balaban J connectivity index is 2.83. The summed E-state index contributed by atoms with van der Waals surface area (Å²) in [4.78, 5) is 0. The average molecular weight is 324 g/mol. The normalized spacial score (nSPS) is 13.6. The lowest BCUT2D eigenvalue weighted by atomic mass is 10.2. The van der Waals surface area contributed by atoms with Crippen molar-refractivity contribution in [3.8, 4) is 0 Å². The Morgan fingerprint density at radius 2 is 2.12 bits per heavy atom. The quantitative estimate of drug-likeness (QED) is 0.902. The number of sulfone groups is 1. The highest BCUT2D eigenvalue weighted by Gasteiger charge is 2.17. The van der Waals surface area contributed by atoms with E-state index in [4.69, 9.17) is 5.73 Å². The fourth-order valence-electron chi connectivity index (χ4n) is 1.44. The van der Waals surface area contributed by atoms with Crippen LogP contribution >= 0.6 is 15.9 Å². The molecule has 3 nitrogen and oxygen atoms in total. The largest absolute Gasteiger partial charge is 0.330 e. The first-order chi connectivity index (χ1) is 7.84. The van der Waals surface area contributed by atoms with Crippen molar-refractivity contribution in [3.05, 3.63) is 34.1 Å². The van der Waals surface area contributed by atoms with Crippen LogP contribution in [0.4, 0.5) is 4.39 Å². The molecule has 0 amide bonds. The van der Waals surface area contributed by atoms with Crippen molar-refractivity contribution in [3.63, 3.8) is 0 Å². The van der Waals surface area contributed by atoms with Gasteiger partial charge < -0.3 is 5.73 Å². The Hall–Kier alpha value is -0.460. The Morgan fingerprint density at radius 1 is 1.47 bits per heavy atom. The van der Waals surface area contributed by atoms with Gasteiger partial charge in [-0.1, -0.05) is 28.9 Å². The molecule has 1 aromatic rings. The van der Waals surface area contributed by atoms with Crippen LogP contribution in [-0.4, -0.2) is 20.7 Å². The smallest absolute Gasteiger partial charge is 0.154 e. The van der Waals surface area contributed by atoms with E-state index in [1.165, 1.54) is 12.1 Å². The van der Waals surface area contributed by atoms with Gasteiger partial charge >= 0.3 is 0 Å². The summed E-state index contributed by atoms with van der Waals surface area (Å²) in [5, 5.41) is 0. The van der Waals surface area contributed by atoms with Crippen LogP contribution in [0.25, 0.3) is 0 Å². The fourth-order valence-corrected chi connectivity index (χ4v) is 3.60. The zero-order valence-electron chi connectivity index (χ0n) is 9.49. The zero-order chi connectivity index (χ0) is 13.1. The Labute approximate surface area is 109 Å². The second-order valence-electron chi connectivity index (χ2n) is 4.13. The molecular weight excluding hydrogens is 309 g/mol. The molecule has 0 heterocycles. The summed E-state index contributed by atoms with van der Waals surface area (Å²) in [6.07, 6.45) is 0. The Bertz CT molecular complexity index is 490. The van der Waals surface area contributed by atoms with Gasteiger partial charge in [0, 0.05) is 10.0 Å². The molecule has 1 rings (SSSR count). The third-order valence-electron chi connectivity index (χ3n) is 2.33. The lowest BCUT2D eigenvalue weighted by molar-refractivity contribution is 0.568. The minimum atomic E-state index is -3.32. The number of hydrogen-bond acceptors (Lipinski definition) is 3. The van der Waals surface area contributed by atoms with Gasteiger partial charge in [0.25, 0.3) is 0 Å². The number of benzene rings is 1. The first-order valence-electron chi connectivity index (χ1n) is 5.18. The molecule has 0 fully saturated rings. The lowest BCUT2D eigenvalue weighted by Gasteiger charge is -2.10. The van der Waals surface area contributed by atoms with Gasteiger partial charge in [-0.25, -0.2) is 12.8 Å². The van der Waals surface area contributed by atoms with Crippen LogP contribution in [0.1, 0.15) is 12.5 Å². The molecule has 1 aromatic carbocycles. The van der Waals surface area contributed by atoms with Crippen LogP contribution in [0.2, 0.25) is 0 Å². The van der Waals surface area contributed by atoms with E-state index in [1.807, 2.05) is 0 Å². The van der Waals surface area contributed by atoms with E-state index in [0.717, 1.165) is 0 Å². The highest BCUT2D eigenvalue weighted by atomic mass is 79.9. The van der Waals surface area contributed by atoms with Crippen molar-refractivity contribution in [2.45, 2.75) is 12.7 Å². The molecule has 0 spiro atoms. The van der Waals surface area contributed by atoms with Crippen molar-refractivity contribution in [2.75, 3.05) is 12.3 Å². The average Bonchev–Trinajstić information content (AvgIpc) is 2.21. The molecular formula is C11H15BrFNO2S. The molecule has 2 N–H and O–H groups in total. The van der Waals surface area contributed by atoms with E-state index in [-0.39, 0.29) is 23.0 Å². The van der Waals surface area contributed by atoms with Crippen LogP contribution in [0.15, 0.2) is 22.7 Å². The van der Waals surface area contributed by atoms with Gasteiger partial charge in [-0.3, -0.25) is 0 Å². The summed E-state index contributed by atoms with van der Waals surface area (Å²) in [6, 6.07) is 4.36. The molecule has 0 saturated carbocycles. The maximum absolute atomic E-state index is 13.5. The molecule has 17 heavy (non-hydrogen) atoms. The van der Waals surface area contributed by atoms with Crippen molar-refractivity contribution >= 4 is 25.8 Å². The number of hydrogen-bond donors (Lipinski definition) is 1. The summed E-state index contributed by atoms with van der Waals surface area (Å²) < 4.78 is 37.6. The Morgan fingerprint density at radius 3 is 2.65 bits per heavy atom. The van der Waals surface area contributed by atoms with Crippen molar-refractivity contribution in [1.82, 2.24) is 0 Å². The van der Waals surface area contributed by atoms with Crippen molar-refractivity contribution < 1.29 is 12.8 Å². The third-order valence-corrected chi connectivity index (χ3v) is 4.65. The van der Waals surface area contributed by atoms with E-state index >= 15 is 0 Å². The van der Waals surface area contributed by atoms with Crippen LogP contribution in [-0.2, 0) is 15.6 Å². The molecule has 6 heteroatoms. The minimum Gasteiger partial charge on any atom is -0.330 e. The molecule has 0 saturated heterocycles. The van der Waals surface area contributed by atoms with Crippen LogP contribution in [0, 0.1) is 11.7 Å². The van der Waals surface area contributed by atoms with Crippen LogP contribution < -0.4 is 5.73 Å². The summed E-state index contributed by atoms with van der Waals surface area (Å²) in [5.74, 6) is -0.919. The highest BCUT2D eigenvalue weighted by Crippen LogP contribution is 2.18. The maximum atomic E-state index is 13.5. The monoisotopic (exact) mass is 323 g/mol. The molecule has 0 aliphatic heterocycles. The summed E-state index contributed by atoms with van der Waals surface area (Å²) in [7, 11) is -3.32. The van der Waals surface area contributed by atoms with Gasteiger partial charge in [0.05, 0.1) is 11.5 Å². The van der Waals surface area contributed by atoms with Gasteiger partial charge in [-0.05, 0) is 24.6 Å². The molecule has 0 aromatic heterocycles. The van der Waals surface area contributed by atoms with Gasteiger partial charge in [0.15, 0.2) is 9.84 Å². The minimum absolute atomic E-state index is 0.0149. The second-order valence-corrected chi connectivity index (χ2v) is 7.16. The number of nitrogens with two attached hydrogens (primary N) is 1. The topological polar surface area (TPSA) is 60.2 Å². The van der Waals surface area contributed by atoms with Crippen LogP contribution in [0.5, 0.6) is 0 Å². The van der Waals surface area contributed by atoms with E-state index in [2.05, 4.69) is 15.9 Å². The molecule has 96 valence electrons. The summed E-state index contributed by atoms with van der Waals surface area (Å²) in [5.41, 5.74) is 5.57. The zero-order valence-corrected chi connectivity index (χ0v) is 11.9. The first kappa shape index (κ1) is 14.6. The third kappa shape index (κ3) is 4.73. The van der Waals surface area contributed by atoms with Gasteiger partial charge in [-0.2, -0.15) is 0 Å². The maximum Gasteiger partial charge on any atom is 0.154 e. The summed E-state index contributed by atoms with van der Waals surface area (Å²) in [6.45, 7) is 2.07.